The fourth-order valence-electron chi connectivity index (χ4n) is 3.16. The van der Waals surface area contributed by atoms with Crippen molar-refractivity contribution in [2.24, 2.45) is 0 Å². The fraction of sp³-hybridized carbons (Fsp3) is 0.471. The van der Waals surface area contributed by atoms with Crippen LogP contribution in [0.25, 0.3) is 0 Å². The van der Waals surface area contributed by atoms with Gasteiger partial charge >= 0.3 is 0 Å². The predicted molar refractivity (Wildman–Crippen MR) is 91.4 cm³/mol. The smallest absolute Gasteiger partial charge is 0.0631 e. The third-order valence-corrected chi connectivity index (χ3v) is 5.48. The summed E-state index contributed by atoms with van der Waals surface area (Å²) in [6.07, 6.45) is 8.28. The second kappa shape index (κ2) is 6.97. The largest absolute Gasteiger partial charge is 0.269 e. The molecule has 1 atom stereocenters. The molecule has 1 aliphatic carbocycles. The molecule has 0 aliphatic heterocycles. The van der Waals surface area contributed by atoms with Gasteiger partial charge in [-0.2, -0.15) is 5.10 Å². The van der Waals surface area contributed by atoms with E-state index in [0.29, 0.717) is 12.0 Å². The molecule has 0 N–H and O–H groups in total. The van der Waals surface area contributed by atoms with Crippen molar-refractivity contribution >= 4 is 27.5 Å². The first kappa shape index (κ1) is 15.1. The maximum absolute atomic E-state index is 6.33. The topological polar surface area (TPSA) is 17.8 Å². The maximum atomic E-state index is 6.33. The summed E-state index contributed by atoms with van der Waals surface area (Å²) >= 11 is 9.95. The molecule has 1 unspecified atom stereocenters. The van der Waals surface area contributed by atoms with Gasteiger partial charge in [0.1, 0.15) is 0 Å². The van der Waals surface area contributed by atoms with Gasteiger partial charge in [-0.05, 0) is 37.0 Å². The van der Waals surface area contributed by atoms with Crippen LogP contribution in [-0.4, -0.2) is 15.1 Å². The molecule has 2 nitrogen and oxygen atoms in total. The van der Waals surface area contributed by atoms with Gasteiger partial charge in [-0.1, -0.05) is 58.6 Å². The SMILES string of the molecule is Clc1ccccc1C(CBr)Cc1ccn(C2CCCC2)n1. The van der Waals surface area contributed by atoms with Crippen LogP contribution in [0.1, 0.15) is 48.9 Å². The number of rotatable bonds is 5. The highest BCUT2D eigenvalue weighted by Crippen LogP contribution is 2.31. The van der Waals surface area contributed by atoms with Crippen molar-refractivity contribution in [3.05, 3.63) is 52.8 Å². The number of nitrogens with zero attached hydrogens (tertiary/aromatic N) is 2. The molecular weight excluding hydrogens is 348 g/mol. The van der Waals surface area contributed by atoms with E-state index in [1.807, 2.05) is 18.2 Å². The minimum absolute atomic E-state index is 0.366. The van der Waals surface area contributed by atoms with E-state index in [1.165, 1.54) is 31.2 Å². The third kappa shape index (κ3) is 3.51. The van der Waals surface area contributed by atoms with E-state index in [2.05, 4.69) is 38.9 Å². The Morgan fingerprint density at radius 1 is 1.24 bits per heavy atom. The van der Waals surface area contributed by atoms with Gasteiger partial charge in [0.15, 0.2) is 0 Å². The van der Waals surface area contributed by atoms with Crippen molar-refractivity contribution in [3.63, 3.8) is 0 Å². The van der Waals surface area contributed by atoms with Gasteiger partial charge in [-0.3, -0.25) is 4.68 Å². The Labute approximate surface area is 139 Å². The summed E-state index contributed by atoms with van der Waals surface area (Å²) in [7, 11) is 0. The molecule has 0 bridgehead atoms. The first-order valence-corrected chi connectivity index (χ1v) is 9.12. The molecule has 21 heavy (non-hydrogen) atoms. The van der Waals surface area contributed by atoms with Crippen LogP contribution in [0, 0.1) is 0 Å². The molecule has 0 radical (unpaired) electrons. The van der Waals surface area contributed by atoms with Crippen LogP contribution in [0.3, 0.4) is 0 Å². The zero-order chi connectivity index (χ0) is 14.7. The zero-order valence-corrected chi connectivity index (χ0v) is 14.4. The fourth-order valence-corrected chi connectivity index (χ4v) is 4.03. The van der Waals surface area contributed by atoms with Crippen LogP contribution in [0.4, 0.5) is 0 Å². The number of benzene rings is 1. The van der Waals surface area contributed by atoms with Crippen LogP contribution in [0.2, 0.25) is 5.02 Å². The molecule has 3 rings (SSSR count). The Morgan fingerprint density at radius 3 is 2.71 bits per heavy atom. The Bertz CT molecular complexity index is 590. The van der Waals surface area contributed by atoms with Gasteiger partial charge in [0, 0.05) is 22.5 Å². The molecule has 0 spiro atoms. The monoisotopic (exact) mass is 366 g/mol. The van der Waals surface area contributed by atoms with Crippen LogP contribution >= 0.6 is 27.5 Å². The molecule has 112 valence electrons. The van der Waals surface area contributed by atoms with Gasteiger partial charge in [-0.25, -0.2) is 0 Å². The lowest BCUT2D eigenvalue weighted by atomic mass is 9.96. The number of alkyl halides is 1. The van der Waals surface area contributed by atoms with Gasteiger partial charge < -0.3 is 0 Å². The Morgan fingerprint density at radius 2 is 2.00 bits per heavy atom. The second-order valence-electron chi connectivity index (χ2n) is 5.80. The lowest BCUT2D eigenvalue weighted by Crippen LogP contribution is -2.08. The van der Waals surface area contributed by atoms with Crippen LogP contribution in [-0.2, 0) is 6.42 Å². The molecule has 1 fully saturated rings. The van der Waals surface area contributed by atoms with Crippen molar-refractivity contribution in [2.75, 3.05) is 5.33 Å². The van der Waals surface area contributed by atoms with Gasteiger partial charge in [-0.15, -0.1) is 0 Å². The summed E-state index contributed by atoms with van der Waals surface area (Å²) in [5.74, 6) is 0.366. The molecular formula is C17H20BrClN2. The molecule has 1 aromatic carbocycles. The first-order chi connectivity index (χ1) is 10.3. The minimum Gasteiger partial charge on any atom is -0.269 e. The lowest BCUT2D eigenvalue weighted by Gasteiger charge is -2.15. The van der Waals surface area contributed by atoms with E-state index in [1.54, 1.807) is 0 Å². The van der Waals surface area contributed by atoms with Crippen molar-refractivity contribution in [1.82, 2.24) is 9.78 Å². The second-order valence-corrected chi connectivity index (χ2v) is 6.86. The van der Waals surface area contributed by atoms with E-state index < -0.39 is 0 Å². The summed E-state index contributed by atoms with van der Waals surface area (Å²) in [5.41, 5.74) is 2.36. The summed E-state index contributed by atoms with van der Waals surface area (Å²) in [5, 5.41) is 6.53. The standard InChI is InChI=1S/C17H20BrClN2/c18-12-13(16-7-3-4-8-17(16)19)11-14-9-10-21(20-14)15-5-1-2-6-15/h3-4,7-10,13,15H,1-2,5-6,11-12H2. The summed E-state index contributed by atoms with van der Waals surface area (Å²) in [6, 6.07) is 10.9. The third-order valence-electron chi connectivity index (χ3n) is 4.35. The molecule has 4 heteroatoms. The highest BCUT2D eigenvalue weighted by Gasteiger charge is 2.19. The normalized spacial score (nSPS) is 17.2. The zero-order valence-electron chi connectivity index (χ0n) is 12.0. The molecule has 2 aromatic rings. The predicted octanol–water partition coefficient (Wildman–Crippen LogP) is 5.37. The quantitative estimate of drug-likeness (QED) is 0.649. The van der Waals surface area contributed by atoms with Crippen LogP contribution in [0.15, 0.2) is 36.5 Å². The average Bonchev–Trinajstić information content (AvgIpc) is 3.16. The highest BCUT2D eigenvalue weighted by atomic mass is 79.9. The molecule has 1 aliphatic rings. The van der Waals surface area contributed by atoms with Crippen molar-refractivity contribution < 1.29 is 0 Å². The molecule has 0 saturated heterocycles. The van der Waals surface area contributed by atoms with E-state index >= 15 is 0 Å². The molecule has 1 aromatic heterocycles. The number of aromatic nitrogens is 2. The Kier molecular flexibility index (Phi) is 5.02. The van der Waals surface area contributed by atoms with E-state index in [9.17, 15) is 0 Å². The molecule has 1 saturated carbocycles. The minimum atomic E-state index is 0.366. The molecule has 0 amide bonds. The van der Waals surface area contributed by atoms with E-state index in [4.69, 9.17) is 16.7 Å². The summed E-state index contributed by atoms with van der Waals surface area (Å²) in [6.45, 7) is 0. The van der Waals surface area contributed by atoms with E-state index in [-0.39, 0.29) is 0 Å². The molecule has 1 heterocycles. The van der Waals surface area contributed by atoms with E-state index in [0.717, 1.165) is 22.5 Å². The number of hydrogen-bond acceptors (Lipinski definition) is 1. The Hall–Kier alpha value is -0.800. The number of halogens is 2. The average molecular weight is 368 g/mol. The summed E-state index contributed by atoms with van der Waals surface area (Å²) < 4.78 is 2.17. The Balaban J connectivity index is 1.74. The van der Waals surface area contributed by atoms with Gasteiger partial charge in [0.05, 0.1) is 11.7 Å². The number of hydrogen-bond donors (Lipinski definition) is 0. The van der Waals surface area contributed by atoms with Gasteiger partial charge in [0.25, 0.3) is 0 Å². The van der Waals surface area contributed by atoms with Crippen molar-refractivity contribution in [1.29, 1.82) is 0 Å². The highest BCUT2D eigenvalue weighted by molar-refractivity contribution is 9.09. The maximum Gasteiger partial charge on any atom is 0.0631 e. The van der Waals surface area contributed by atoms with Crippen molar-refractivity contribution in [3.8, 4) is 0 Å². The lowest BCUT2D eigenvalue weighted by molar-refractivity contribution is 0.462. The van der Waals surface area contributed by atoms with Gasteiger partial charge in [0.2, 0.25) is 0 Å². The van der Waals surface area contributed by atoms with Crippen LogP contribution < -0.4 is 0 Å². The summed E-state index contributed by atoms with van der Waals surface area (Å²) in [4.78, 5) is 0. The van der Waals surface area contributed by atoms with Crippen molar-refractivity contribution in [2.45, 2.75) is 44.1 Å². The first-order valence-electron chi connectivity index (χ1n) is 7.62. The van der Waals surface area contributed by atoms with Crippen LogP contribution in [0.5, 0.6) is 0 Å².